The number of nitriles is 1. The number of allylic oxidation sites excluding steroid dienone is 1. The van der Waals surface area contributed by atoms with Gasteiger partial charge in [0.05, 0.1) is 25.0 Å². The molecular formula is C16H19N5OS. The third-order valence-electron chi connectivity index (χ3n) is 3.76. The van der Waals surface area contributed by atoms with E-state index in [0.717, 1.165) is 43.3 Å². The Morgan fingerprint density at radius 1 is 1.57 bits per heavy atom. The number of ether oxygens (including phenoxy) is 1. The van der Waals surface area contributed by atoms with Gasteiger partial charge in [-0.2, -0.15) is 10.4 Å². The fourth-order valence-corrected chi connectivity index (χ4v) is 3.41. The molecule has 120 valence electrons. The van der Waals surface area contributed by atoms with Gasteiger partial charge in [-0.1, -0.05) is 11.3 Å². The van der Waals surface area contributed by atoms with Gasteiger partial charge in [0.2, 0.25) is 0 Å². The molecule has 23 heavy (non-hydrogen) atoms. The molecule has 0 bridgehead atoms. The molecule has 0 N–H and O–H groups in total. The lowest BCUT2D eigenvalue weighted by Gasteiger charge is -2.28. The van der Waals surface area contributed by atoms with Gasteiger partial charge in [-0.15, -0.1) is 0 Å². The number of aromatic nitrogens is 3. The zero-order valence-corrected chi connectivity index (χ0v) is 13.9. The van der Waals surface area contributed by atoms with E-state index in [1.54, 1.807) is 12.5 Å². The van der Waals surface area contributed by atoms with E-state index in [4.69, 9.17) is 10.00 Å². The summed E-state index contributed by atoms with van der Waals surface area (Å²) in [4.78, 5) is 7.44. The maximum Gasteiger partial charge on any atom is 0.187 e. The number of aryl methyl sites for hydroxylation is 1. The minimum Gasteiger partial charge on any atom is -0.497 e. The van der Waals surface area contributed by atoms with Crippen molar-refractivity contribution in [2.24, 2.45) is 0 Å². The van der Waals surface area contributed by atoms with E-state index in [1.165, 1.54) is 11.3 Å². The van der Waals surface area contributed by atoms with Crippen molar-refractivity contribution < 1.29 is 4.74 Å². The molecule has 1 unspecified atom stereocenters. The van der Waals surface area contributed by atoms with Crippen molar-refractivity contribution in [2.45, 2.75) is 32.4 Å². The van der Waals surface area contributed by atoms with Gasteiger partial charge in [-0.3, -0.25) is 4.68 Å². The minimum atomic E-state index is 0.160. The number of anilines is 1. The molecular weight excluding hydrogens is 310 g/mol. The Balaban J connectivity index is 1.73. The van der Waals surface area contributed by atoms with E-state index in [2.05, 4.69) is 21.1 Å². The molecule has 2 aromatic heterocycles. The number of rotatable bonds is 6. The topological polar surface area (TPSA) is 67.0 Å². The Hall–Kier alpha value is -2.33. The fourth-order valence-electron chi connectivity index (χ4n) is 2.51. The summed E-state index contributed by atoms with van der Waals surface area (Å²) in [6.45, 7) is 4.20. The highest BCUT2D eigenvalue weighted by Gasteiger charge is 2.20. The third-order valence-corrected chi connectivity index (χ3v) is 4.89. The third kappa shape index (κ3) is 3.90. The minimum absolute atomic E-state index is 0.160. The van der Waals surface area contributed by atoms with Crippen LogP contribution < -0.4 is 4.90 Å². The Morgan fingerprint density at radius 2 is 2.48 bits per heavy atom. The van der Waals surface area contributed by atoms with Crippen LogP contribution in [0.15, 0.2) is 30.8 Å². The summed E-state index contributed by atoms with van der Waals surface area (Å²) in [7, 11) is 0. The summed E-state index contributed by atoms with van der Waals surface area (Å²) in [6, 6.07) is 4.13. The molecule has 2 aromatic rings. The molecule has 0 aromatic carbocycles. The molecule has 0 spiro atoms. The predicted molar refractivity (Wildman–Crippen MR) is 89.3 cm³/mol. The molecule has 1 aliphatic heterocycles. The quantitative estimate of drug-likeness (QED) is 0.815. The second-order valence-electron chi connectivity index (χ2n) is 5.45. The summed E-state index contributed by atoms with van der Waals surface area (Å²) in [5, 5.41) is 14.3. The maximum absolute atomic E-state index is 9.17. The van der Waals surface area contributed by atoms with E-state index < -0.39 is 0 Å². The highest BCUT2D eigenvalue weighted by atomic mass is 32.1. The standard InChI is InChI=1S/C16H19N5OS/c1-13-15(11-17)23-16(19-13)20(8-9-21-7-4-6-18-21)12-14-5-2-3-10-22-14/h3-4,6-7,10,14H,2,5,8-9,12H2,1H3. The van der Waals surface area contributed by atoms with Crippen LogP contribution in [0.4, 0.5) is 5.13 Å². The van der Waals surface area contributed by atoms with Crippen LogP contribution >= 0.6 is 11.3 Å². The fraction of sp³-hybridized carbons (Fsp3) is 0.438. The number of thiazole rings is 1. The first-order valence-electron chi connectivity index (χ1n) is 7.66. The van der Waals surface area contributed by atoms with E-state index in [9.17, 15) is 0 Å². The summed E-state index contributed by atoms with van der Waals surface area (Å²) < 4.78 is 7.60. The lowest BCUT2D eigenvalue weighted by molar-refractivity contribution is 0.128. The van der Waals surface area contributed by atoms with E-state index in [-0.39, 0.29) is 6.10 Å². The second kappa shape index (κ2) is 7.29. The van der Waals surface area contributed by atoms with Crippen LogP contribution in [0.3, 0.4) is 0 Å². The Labute approximate surface area is 139 Å². The van der Waals surface area contributed by atoms with Crippen molar-refractivity contribution in [1.29, 1.82) is 5.26 Å². The number of hydrogen-bond acceptors (Lipinski definition) is 6. The normalized spacial score (nSPS) is 16.8. The van der Waals surface area contributed by atoms with Crippen LogP contribution in [0.25, 0.3) is 0 Å². The molecule has 1 atom stereocenters. The summed E-state index contributed by atoms with van der Waals surface area (Å²) >= 11 is 1.44. The van der Waals surface area contributed by atoms with Crippen LogP contribution in [0.1, 0.15) is 23.4 Å². The van der Waals surface area contributed by atoms with Gasteiger partial charge in [0, 0.05) is 18.9 Å². The highest BCUT2D eigenvalue weighted by molar-refractivity contribution is 7.16. The first kappa shape index (κ1) is 15.6. The maximum atomic E-state index is 9.17. The zero-order chi connectivity index (χ0) is 16.1. The zero-order valence-electron chi connectivity index (χ0n) is 13.1. The van der Waals surface area contributed by atoms with Gasteiger partial charge < -0.3 is 9.64 Å². The Kier molecular flexibility index (Phi) is 4.93. The molecule has 0 radical (unpaired) electrons. The highest BCUT2D eigenvalue weighted by Crippen LogP contribution is 2.26. The molecule has 0 aliphatic carbocycles. The molecule has 0 fully saturated rings. The van der Waals surface area contributed by atoms with Crippen LogP contribution in [0.2, 0.25) is 0 Å². The molecule has 1 aliphatic rings. The van der Waals surface area contributed by atoms with Crippen molar-refractivity contribution >= 4 is 16.5 Å². The van der Waals surface area contributed by atoms with Gasteiger partial charge in [-0.05, 0) is 31.9 Å². The van der Waals surface area contributed by atoms with E-state index >= 15 is 0 Å². The van der Waals surface area contributed by atoms with Crippen LogP contribution in [-0.2, 0) is 11.3 Å². The summed E-state index contributed by atoms with van der Waals surface area (Å²) in [5.74, 6) is 0. The van der Waals surface area contributed by atoms with Crippen molar-refractivity contribution in [2.75, 3.05) is 18.0 Å². The molecule has 0 saturated carbocycles. The average Bonchev–Trinajstić information content (AvgIpc) is 3.21. The van der Waals surface area contributed by atoms with Crippen molar-refractivity contribution in [1.82, 2.24) is 14.8 Å². The van der Waals surface area contributed by atoms with Crippen molar-refractivity contribution in [3.63, 3.8) is 0 Å². The van der Waals surface area contributed by atoms with Crippen LogP contribution in [-0.4, -0.2) is 34.0 Å². The lowest BCUT2D eigenvalue weighted by Crippen LogP contribution is -2.36. The van der Waals surface area contributed by atoms with Gasteiger partial charge in [0.25, 0.3) is 0 Å². The lowest BCUT2D eigenvalue weighted by atomic mass is 10.1. The summed E-state index contributed by atoms with van der Waals surface area (Å²) in [6.07, 6.45) is 9.77. The number of hydrogen-bond donors (Lipinski definition) is 0. The Bertz CT molecular complexity index is 701. The number of nitrogens with zero attached hydrogens (tertiary/aromatic N) is 5. The van der Waals surface area contributed by atoms with Crippen molar-refractivity contribution in [3.8, 4) is 6.07 Å². The molecule has 3 rings (SSSR count). The van der Waals surface area contributed by atoms with Crippen LogP contribution in [0, 0.1) is 18.3 Å². The second-order valence-corrected chi connectivity index (χ2v) is 6.42. The molecule has 7 heteroatoms. The monoisotopic (exact) mass is 329 g/mol. The molecule has 3 heterocycles. The molecule has 0 saturated heterocycles. The average molecular weight is 329 g/mol. The van der Waals surface area contributed by atoms with Gasteiger partial charge >= 0.3 is 0 Å². The largest absolute Gasteiger partial charge is 0.497 e. The van der Waals surface area contributed by atoms with E-state index in [1.807, 2.05) is 29.9 Å². The van der Waals surface area contributed by atoms with Crippen LogP contribution in [0.5, 0.6) is 0 Å². The first-order valence-corrected chi connectivity index (χ1v) is 8.48. The van der Waals surface area contributed by atoms with E-state index in [0.29, 0.717) is 4.88 Å². The predicted octanol–water partition coefficient (Wildman–Crippen LogP) is 2.72. The van der Waals surface area contributed by atoms with Crippen molar-refractivity contribution in [3.05, 3.63) is 41.4 Å². The molecule has 6 nitrogen and oxygen atoms in total. The van der Waals surface area contributed by atoms with Gasteiger partial charge in [0.15, 0.2) is 5.13 Å². The first-order chi connectivity index (χ1) is 11.3. The van der Waals surface area contributed by atoms with Gasteiger partial charge in [0.1, 0.15) is 17.1 Å². The SMILES string of the molecule is Cc1nc(N(CCn2cccn2)CC2CCC=CO2)sc1C#N. The Morgan fingerprint density at radius 3 is 3.13 bits per heavy atom. The molecule has 0 amide bonds. The summed E-state index contributed by atoms with van der Waals surface area (Å²) in [5.41, 5.74) is 0.793. The smallest absolute Gasteiger partial charge is 0.187 e. The van der Waals surface area contributed by atoms with Gasteiger partial charge in [-0.25, -0.2) is 4.98 Å².